The molecule has 0 radical (unpaired) electrons. The topological polar surface area (TPSA) is 34.1 Å². The zero-order valence-electron chi connectivity index (χ0n) is 12.6. The van der Waals surface area contributed by atoms with Gasteiger partial charge in [0.05, 0.1) is 5.69 Å². The Morgan fingerprint density at radius 1 is 1.47 bits per heavy atom. The van der Waals surface area contributed by atoms with Gasteiger partial charge in [-0.15, -0.1) is 11.3 Å². The van der Waals surface area contributed by atoms with E-state index in [-0.39, 0.29) is 5.60 Å². The maximum Gasteiger partial charge on any atom is 0.125 e. The Morgan fingerprint density at radius 2 is 2.26 bits per heavy atom. The molecule has 108 valence electrons. The lowest BCUT2D eigenvalue weighted by Gasteiger charge is -2.19. The van der Waals surface area contributed by atoms with E-state index in [4.69, 9.17) is 9.72 Å². The van der Waals surface area contributed by atoms with E-state index in [0.717, 1.165) is 38.8 Å². The van der Waals surface area contributed by atoms with Crippen molar-refractivity contribution in [3.05, 3.63) is 15.6 Å². The molecule has 1 aliphatic rings. The standard InChI is InChI=1S/C15H26N2OS/c1-5-7-12-13(10-16-11(2)3)19-14(17-12)15(4)8-6-9-18-15/h11,16H,5-10H2,1-4H3. The minimum Gasteiger partial charge on any atom is -0.368 e. The highest BCUT2D eigenvalue weighted by Gasteiger charge is 2.35. The van der Waals surface area contributed by atoms with Crippen molar-refractivity contribution >= 4 is 11.3 Å². The van der Waals surface area contributed by atoms with Crippen molar-refractivity contribution in [1.82, 2.24) is 10.3 Å². The SMILES string of the molecule is CCCc1nc(C2(C)CCCO2)sc1CNC(C)C. The number of aromatic nitrogens is 1. The number of rotatable bonds is 6. The molecule has 4 heteroatoms. The summed E-state index contributed by atoms with van der Waals surface area (Å²) in [5, 5.41) is 4.68. The summed E-state index contributed by atoms with van der Waals surface area (Å²) >= 11 is 1.84. The molecule has 1 N–H and O–H groups in total. The fraction of sp³-hybridized carbons (Fsp3) is 0.800. The molecule has 1 unspecified atom stereocenters. The summed E-state index contributed by atoms with van der Waals surface area (Å²) in [4.78, 5) is 6.28. The fourth-order valence-corrected chi connectivity index (χ4v) is 3.61. The lowest BCUT2D eigenvalue weighted by atomic mass is 10.0. The summed E-state index contributed by atoms with van der Waals surface area (Å²) in [5.74, 6) is 0. The van der Waals surface area contributed by atoms with Gasteiger partial charge in [0.1, 0.15) is 10.6 Å². The molecule has 0 bridgehead atoms. The van der Waals surface area contributed by atoms with Crippen molar-refractivity contribution in [1.29, 1.82) is 0 Å². The Balaban J connectivity index is 2.18. The zero-order valence-corrected chi connectivity index (χ0v) is 13.4. The Bertz CT molecular complexity index is 408. The third-order valence-electron chi connectivity index (χ3n) is 3.61. The Kier molecular flexibility index (Phi) is 4.98. The van der Waals surface area contributed by atoms with E-state index >= 15 is 0 Å². The van der Waals surface area contributed by atoms with Gasteiger partial charge < -0.3 is 10.1 Å². The highest BCUT2D eigenvalue weighted by Crippen LogP contribution is 2.38. The lowest BCUT2D eigenvalue weighted by Crippen LogP contribution is -2.21. The van der Waals surface area contributed by atoms with Gasteiger partial charge in [0.25, 0.3) is 0 Å². The van der Waals surface area contributed by atoms with Crippen LogP contribution in [0.2, 0.25) is 0 Å². The zero-order chi connectivity index (χ0) is 13.9. The predicted molar refractivity (Wildman–Crippen MR) is 80.6 cm³/mol. The first-order valence-electron chi connectivity index (χ1n) is 7.41. The van der Waals surface area contributed by atoms with Gasteiger partial charge in [-0.3, -0.25) is 0 Å². The summed E-state index contributed by atoms with van der Waals surface area (Å²) in [7, 11) is 0. The fourth-order valence-electron chi connectivity index (χ4n) is 2.42. The van der Waals surface area contributed by atoms with E-state index in [1.807, 2.05) is 11.3 Å². The first-order valence-corrected chi connectivity index (χ1v) is 8.23. The van der Waals surface area contributed by atoms with Crippen LogP contribution in [-0.4, -0.2) is 17.6 Å². The van der Waals surface area contributed by atoms with Gasteiger partial charge >= 0.3 is 0 Å². The summed E-state index contributed by atoms with van der Waals surface area (Å²) in [6.45, 7) is 10.6. The lowest BCUT2D eigenvalue weighted by molar-refractivity contribution is 0.0165. The average molecular weight is 282 g/mol. The smallest absolute Gasteiger partial charge is 0.125 e. The van der Waals surface area contributed by atoms with Gasteiger partial charge in [0.15, 0.2) is 0 Å². The minimum absolute atomic E-state index is 0.136. The van der Waals surface area contributed by atoms with E-state index in [2.05, 4.69) is 33.0 Å². The molecular weight excluding hydrogens is 256 g/mol. The summed E-state index contributed by atoms with van der Waals surface area (Å²) < 4.78 is 5.93. The van der Waals surface area contributed by atoms with Crippen LogP contribution < -0.4 is 5.32 Å². The number of hydrogen-bond acceptors (Lipinski definition) is 4. The van der Waals surface area contributed by atoms with Crippen molar-refractivity contribution in [2.45, 2.75) is 71.6 Å². The second-order valence-electron chi connectivity index (χ2n) is 5.86. The van der Waals surface area contributed by atoms with E-state index < -0.39 is 0 Å². The van der Waals surface area contributed by atoms with Gasteiger partial charge in [-0.05, 0) is 26.2 Å². The third kappa shape index (κ3) is 3.56. The Morgan fingerprint density at radius 3 is 2.84 bits per heavy atom. The quantitative estimate of drug-likeness (QED) is 0.865. The average Bonchev–Trinajstić information content (AvgIpc) is 2.95. The number of aryl methyl sites for hydroxylation is 1. The van der Waals surface area contributed by atoms with E-state index in [1.54, 1.807) is 0 Å². The highest BCUT2D eigenvalue weighted by molar-refractivity contribution is 7.11. The van der Waals surface area contributed by atoms with Crippen LogP contribution in [0, 0.1) is 0 Å². The molecule has 19 heavy (non-hydrogen) atoms. The van der Waals surface area contributed by atoms with Crippen LogP contribution in [0.3, 0.4) is 0 Å². The number of nitrogens with one attached hydrogen (secondary N) is 1. The van der Waals surface area contributed by atoms with Crippen LogP contribution in [-0.2, 0) is 23.3 Å². The number of hydrogen-bond donors (Lipinski definition) is 1. The van der Waals surface area contributed by atoms with Crippen molar-refractivity contribution in [2.75, 3.05) is 6.61 Å². The van der Waals surface area contributed by atoms with Crippen molar-refractivity contribution in [3.8, 4) is 0 Å². The molecule has 0 aromatic carbocycles. The minimum atomic E-state index is -0.136. The van der Waals surface area contributed by atoms with Gasteiger partial charge in [-0.1, -0.05) is 27.2 Å². The molecule has 1 fully saturated rings. The van der Waals surface area contributed by atoms with Crippen molar-refractivity contribution < 1.29 is 4.74 Å². The van der Waals surface area contributed by atoms with Crippen LogP contribution in [0.4, 0.5) is 0 Å². The second-order valence-corrected chi connectivity index (χ2v) is 6.94. The molecule has 1 aromatic heterocycles. The molecule has 0 amide bonds. The van der Waals surface area contributed by atoms with Crippen LogP contribution >= 0.6 is 11.3 Å². The molecular formula is C15H26N2OS. The van der Waals surface area contributed by atoms with Gasteiger partial charge in [0.2, 0.25) is 0 Å². The maximum absolute atomic E-state index is 5.93. The summed E-state index contributed by atoms with van der Waals surface area (Å²) in [5.41, 5.74) is 1.14. The number of nitrogens with zero attached hydrogens (tertiary/aromatic N) is 1. The summed E-state index contributed by atoms with van der Waals surface area (Å²) in [6, 6.07) is 0.512. The van der Waals surface area contributed by atoms with Gasteiger partial charge in [-0.25, -0.2) is 4.98 Å². The first-order chi connectivity index (χ1) is 9.05. The highest BCUT2D eigenvalue weighted by atomic mass is 32.1. The molecule has 0 saturated carbocycles. The molecule has 0 spiro atoms. The van der Waals surface area contributed by atoms with Crippen molar-refractivity contribution in [3.63, 3.8) is 0 Å². The molecule has 3 nitrogen and oxygen atoms in total. The number of ether oxygens (including phenoxy) is 1. The van der Waals surface area contributed by atoms with Crippen LogP contribution in [0.15, 0.2) is 0 Å². The van der Waals surface area contributed by atoms with Crippen LogP contribution in [0.1, 0.15) is 62.5 Å². The van der Waals surface area contributed by atoms with Crippen LogP contribution in [0.25, 0.3) is 0 Å². The predicted octanol–water partition coefficient (Wildman–Crippen LogP) is 3.62. The first kappa shape index (κ1) is 14.9. The Hall–Kier alpha value is -0.450. The monoisotopic (exact) mass is 282 g/mol. The molecule has 1 saturated heterocycles. The molecule has 0 aliphatic carbocycles. The molecule has 1 atom stereocenters. The second kappa shape index (κ2) is 6.33. The largest absolute Gasteiger partial charge is 0.368 e. The molecule has 2 heterocycles. The maximum atomic E-state index is 5.93. The third-order valence-corrected chi connectivity index (χ3v) is 4.95. The van der Waals surface area contributed by atoms with E-state index in [9.17, 15) is 0 Å². The van der Waals surface area contributed by atoms with Gasteiger partial charge in [0, 0.05) is 24.1 Å². The van der Waals surface area contributed by atoms with E-state index in [1.165, 1.54) is 15.6 Å². The molecule has 1 aliphatic heterocycles. The number of thiazole rings is 1. The normalized spacial score (nSPS) is 23.4. The summed E-state index contributed by atoms with van der Waals surface area (Å²) in [6.07, 6.45) is 4.47. The van der Waals surface area contributed by atoms with E-state index in [0.29, 0.717) is 6.04 Å². The van der Waals surface area contributed by atoms with Gasteiger partial charge in [-0.2, -0.15) is 0 Å². The van der Waals surface area contributed by atoms with Crippen LogP contribution in [0.5, 0.6) is 0 Å². The Labute approximate surface area is 120 Å². The molecule has 1 aromatic rings. The van der Waals surface area contributed by atoms with Crippen molar-refractivity contribution in [2.24, 2.45) is 0 Å². The molecule has 2 rings (SSSR count).